The van der Waals surface area contributed by atoms with E-state index in [9.17, 15) is 0 Å². The van der Waals surface area contributed by atoms with Crippen molar-refractivity contribution >= 4 is 0 Å². The molecule has 26 heavy (non-hydrogen) atoms. The normalized spacial score (nSPS) is 18.2. The van der Waals surface area contributed by atoms with E-state index in [1.165, 1.54) is 24.0 Å². The molecule has 0 aliphatic carbocycles. The van der Waals surface area contributed by atoms with Gasteiger partial charge in [0, 0.05) is 25.7 Å². The summed E-state index contributed by atoms with van der Waals surface area (Å²) >= 11 is 0. The van der Waals surface area contributed by atoms with Crippen molar-refractivity contribution in [3.63, 3.8) is 0 Å². The van der Waals surface area contributed by atoms with Crippen LogP contribution >= 0.6 is 0 Å². The lowest BCUT2D eigenvalue weighted by Crippen LogP contribution is -2.45. The summed E-state index contributed by atoms with van der Waals surface area (Å²) in [4.78, 5) is 5.03. The Hall–Kier alpha value is -1.88. The second-order valence-corrected chi connectivity index (χ2v) is 7.15. The summed E-state index contributed by atoms with van der Waals surface area (Å²) in [7, 11) is 2.24. The molecule has 1 aliphatic heterocycles. The van der Waals surface area contributed by atoms with Gasteiger partial charge < -0.3 is 9.84 Å². The van der Waals surface area contributed by atoms with Crippen LogP contribution in [-0.2, 0) is 13.1 Å². The molecule has 2 aromatic rings. The molecule has 2 aromatic carbocycles. The number of hydrogen-bond donors (Lipinski definition) is 1. The summed E-state index contributed by atoms with van der Waals surface area (Å²) < 4.78 is 5.53. The first-order valence-corrected chi connectivity index (χ1v) is 9.54. The molecular weight excluding hydrogens is 324 g/mol. The molecule has 0 radical (unpaired) electrons. The van der Waals surface area contributed by atoms with Gasteiger partial charge in [-0.15, -0.1) is 0 Å². The molecule has 1 heterocycles. The molecule has 0 amide bonds. The molecule has 4 nitrogen and oxygen atoms in total. The zero-order valence-corrected chi connectivity index (χ0v) is 15.7. The molecule has 1 atom stereocenters. The highest BCUT2D eigenvalue weighted by Crippen LogP contribution is 2.20. The van der Waals surface area contributed by atoms with Gasteiger partial charge in [0.1, 0.15) is 12.4 Å². The lowest BCUT2D eigenvalue weighted by atomic mass is 10.0. The minimum absolute atomic E-state index is 0.0474. The minimum atomic E-state index is 0.0474. The van der Waals surface area contributed by atoms with Gasteiger partial charge >= 0.3 is 0 Å². The first kappa shape index (κ1) is 18.9. The standard InChI is InChI=1S/C22H30N2O2/c1-23(16-19-7-3-2-4-8-19)21-10-6-12-24(18-21)17-20-9-5-11-22(15-20)26-14-13-25/h2-5,7-9,11,15,21,25H,6,10,12-14,16-18H2,1H3/t21-/m1/s1. The van der Waals surface area contributed by atoms with Gasteiger partial charge in [-0.05, 0) is 49.7 Å². The SMILES string of the molecule is CN(Cc1ccccc1)[C@@H]1CCCN(Cc2cccc(OCCO)c2)C1. The Bertz CT molecular complexity index is 662. The van der Waals surface area contributed by atoms with Crippen LogP contribution in [0.1, 0.15) is 24.0 Å². The third-order valence-corrected chi connectivity index (χ3v) is 5.04. The van der Waals surface area contributed by atoms with Gasteiger partial charge in [0.25, 0.3) is 0 Å². The van der Waals surface area contributed by atoms with Crippen molar-refractivity contribution in [2.24, 2.45) is 0 Å². The molecule has 0 unspecified atom stereocenters. The quantitative estimate of drug-likeness (QED) is 0.790. The first-order valence-electron chi connectivity index (χ1n) is 9.54. The molecule has 0 bridgehead atoms. The molecule has 3 rings (SSSR count). The Morgan fingerprint density at radius 1 is 1.12 bits per heavy atom. The number of ether oxygens (including phenoxy) is 1. The second kappa shape index (κ2) is 9.72. The van der Waals surface area contributed by atoms with Gasteiger partial charge in [-0.2, -0.15) is 0 Å². The Balaban J connectivity index is 1.55. The van der Waals surface area contributed by atoms with Gasteiger partial charge in [0.15, 0.2) is 0 Å². The topological polar surface area (TPSA) is 35.9 Å². The molecule has 0 spiro atoms. The van der Waals surface area contributed by atoms with E-state index in [1.54, 1.807) is 0 Å². The second-order valence-electron chi connectivity index (χ2n) is 7.15. The third-order valence-electron chi connectivity index (χ3n) is 5.04. The zero-order chi connectivity index (χ0) is 18.2. The van der Waals surface area contributed by atoms with Crippen molar-refractivity contribution in [3.8, 4) is 5.75 Å². The number of benzene rings is 2. The van der Waals surface area contributed by atoms with Crippen LogP contribution in [0.25, 0.3) is 0 Å². The van der Waals surface area contributed by atoms with Crippen LogP contribution in [0.5, 0.6) is 5.75 Å². The fourth-order valence-electron chi connectivity index (χ4n) is 3.69. The number of hydrogen-bond acceptors (Lipinski definition) is 4. The van der Waals surface area contributed by atoms with Crippen molar-refractivity contribution in [1.82, 2.24) is 9.80 Å². The minimum Gasteiger partial charge on any atom is -0.491 e. The van der Waals surface area contributed by atoms with Gasteiger partial charge in [0.05, 0.1) is 6.61 Å². The molecule has 4 heteroatoms. The van der Waals surface area contributed by atoms with E-state index in [-0.39, 0.29) is 6.61 Å². The molecular formula is C22H30N2O2. The highest BCUT2D eigenvalue weighted by Gasteiger charge is 2.23. The highest BCUT2D eigenvalue weighted by atomic mass is 16.5. The van der Waals surface area contributed by atoms with E-state index in [1.807, 2.05) is 12.1 Å². The van der Waals surface area contributed by atoms with Gasteiger partial charge in [0.2, 0.25) is 0 Å². The molecule has 0 saturated carbocycles. The molecule has 1 saturated heterocycles. The van der Waals surface area contributed by atoms with Crippen LogP contribution < -0.4 is 4.74 Å². The van der Waals surface area contributed by atoms with Crippen LogP contribution in [0.2, 0.25) is 0 Å². The maximum Gasteiger partial charge on any atom is 0.119 e. The maximum absolute atomic E-state index is 8.91. The van der Waals surface area contributed by atoms with Gasteiger partial charge in [-0.25, -0.2) is 0 Å². The van der Waals surface area contributed by atoms with Crippen molar-refractivity contribution in [3.05, 3.63) is 65.7 Å². The molecule has 140 valence electrons. The largest absolute Gasteiger partial charge is 0.491 e. The Morgan fingerprint density at radius 3 is 2.73 bits per heavy atom. The van der Waals surface area contributed by atoms with E-state index >= 15 is 0 Å². The summed E-state index contributed by atoms with van der Waals surface area (Å²) in [6.45, 7) is 4.60. The van der Waals surface area contributed by atoms with Crippen molar-refractivity contribution < 1.29 is 9.84 Å². The monoisotopic (exact) mass is 354 g/mol. The lowest BCUT2D eigenvalue weighted by Gasteiger charge is -2.37. The van der Waals surface area contributed by atoms with E-state index < -0.39 is 0 Å². The number of piperidine rings is 1. The smallest absolute Gasteiger partial charge is 0.119 e. The Labute approximate surface area is 157 Å². The first-order chi connectivity index (χ1) is 12.7. The summed E-state index contributed by atoms with van der Waals surface area (Å²) in [5, 5.41) is 8.91. The van der Waals surface area contributed by atoms with E-state index in [0.29, 0.717) is 12.6 Å². The van der Waals surface area contributed by atoms with Crippen molar-refractivity contribution in [1.29, 1.82) is 0 Å². The summed E-state index contributed by atoms with van der Waals surface area (Å²) in [6.07, 6.45) is 2.50. The van der Waals surface area contributed by atoms with E-state index in [0.717, 1.165) is 31.9 Å². The number of rotatable bonds is 8. The number of aliphatic hydroxyl groups excluding tert-OH is 1. The molecule has 1 aliphatic rings. The number of aliphatic hydroxyl groups is 1. The summed E-state index contributed by atoms with van der Waals surface area (Å²) in [5.74, 6) is 0.839. The number of likely N-dealkylation sites (N-methyl/N-ethyl adjacent to an activating group) is 1. The predicted molar refractivity (Wildman–Crippen MR) is 105 cm³/mol. The van der Waals surface area contributed by atoms with E-state index in [4.69, 9.17) is 9.84 Å². The van der Waals surface area contributed by atoms with Crippen LogP contribution in [0.15, 0.2) is 54.6 Å². The van der Waals surface area contributed by atoms with Gasteiger partial charge in [-0.3, -0.25) is 9.80 Å². The number of likely N-dealkylation sites (tertiary alicyclic amines) is 1. The fourth-order valence-corrected chi connectivity index (χ4v) is 3.69. The fraction of sp³-hybridized carbons (Fsp3) is 0.455. The Morgan fingerprint density at radius 2 is 1.92 bits per heavy atom. The van der Waals surface area contributed by atoms with Gasteiger partial charge in [-0.1, -0.05) is 42.5 Å². The molecule has 1 fully saturated rings. The third kappa shape index (κ3) is 5.56. The van der Waals surface area contributed by atoms with Crippen LogP contribution in [0.4, 0.5) is 0 Å². The lowest BCUT2D eigenvalue weighted by molar-refractivity contribution is 0.107. The molecule has 1 N–H and O–H groups in total. The Kier molecular flexibility index (Phi) is 7.06. The average Bonchev–Trinajstić information content (AvgIpc) is 2.68. The summed E-state index contributed by atoms with van der Waals surface area (Å²) in [5.41, 5.74) is 2.65. The number of nitrogens with zero attached hydrogens (tertiary/aromatic N) is 2. The van der Waals surface area contributed by atoms with E-state index in [2.05, 4.69) is 59.3 Å². The summed E-state index contributed by atoms with van der Waals surface area (Å²) in [6, 6.07) is 19.5. The van der Waals surface area contributed by atoms with Crippen molar-refractivity contribution in [2.45, 2.75) is 32.0 Å². The van der Waals surface area contributed by atoms with Crippen LogP contribution in [0, 0.1) is 0 Å². The van der Waals surface area contributed by atoms with Crippen LogP contribution in [0.3, 0.4) is 0 Å². The molecule has 0 aromatic heterocycles. The van der Waals surface area contributed by atoms with Crippen LogP contribution in [-0.4, -0.2) is 54.3 Å². The predicted octanol–water partition coefficient (Wildman–Crippen LogP) is 3.15. The zero-order valence-electron chi connectivity index (χ0n) is 15.7. The maximum atomic E-state index is 8.91. The van der Waals surface area contributed by atoms with Crippen molar-refractivity contribution in [2.75, 3.05) is 33.4 Å². The highest BCUT2D eigenvalue weighted by molar-refractivity contribution is 5.28. The average molecular weight is 354 g/mol.